The van der Waals surface area contributed by atoms with Crippen LogP contribution in [-0.4, -0.2) is 18.1 Å². The second kappa shape index (κ2) is 5.76. The third-order valence-electron chi connectivity index (χ3n) is 2.11. The van der Waals surface area contributed by atoms with E-state index in [0.29, 0.717) is 12.8 Å². The molecule has 1 unspecified atom stereocenters. The van der Waals surface area contributed by atoms with Crippen LogP contribution in [0.4, 0.5) is 0 Å². The lowest BCUT2D eigenvalue weighted by molar-refractivity contribution is -0.143. The lowest BCUT2D eigenvalue weighted by Gasteiger charge is -2.05. The maximum atomic E-state index is 11.1. The van der Waals surface area contributed by atoms with Crippen LogP contribution in [0.25, 0.3) is 0 Å². The summed E-state index contributed by atoms with van der Waals surface area (Å²) in [5, 5.41) is 8.74. The minimum absolute atomic E-state index is 0.466. The smallest absolute Gasteiger partial charge is 0.323 e. The number of aryl methyl sites for hydroxylation is 1. The highest BCUT2D eigenvalue weighted by atomic mass is 16.5. The molecule has 15 heavy (non-hydrogen) atoms. The van der Waals surface area contributed by atoms with Crippen LogP contribution in [-0.2, 0) is 16.0 Å². The molecule has 0 saturated carbocycles. The Kier molecular flexibility index (Phi) is 4.30. The third-order valence-corrected chi connectivity index (χ3v) is 2.11. The normalized spacial score (nSPS) is 11.5. The molecule has 0 amide bonds. The minimum Gasteiger partial charge on any atom is -0.468 e. The number of pyridine rings is 1. The van der Waals surface area contributed by atoms with Crippen LogP contribution in [0.2, 0.25) is 0 Å². The standard InChI is InChI=1S/C11H12N2O2/c1-15-11(14)10(8-12)3-2-9-4-6-13-7-5-9/h4-7,10H,2-3H2,1H3. The lowest BCUT2D eigenvalue weighted by atomic mass is 10.0. The molecule has 78 valence electrons. The van der Waals surface area contributed by atoms with Crippen molar-refractivity contribution in [2.45, 2.75) is 12.8 Å². The fraction of sp³-hybridized carbons (Fsp3) is 0.364. The van der Waals surface area contributed by atoms with Crippen molar-refractivity contribution in [2.75, 3.05) is 7.11 Å². The molecule has 1 atom stereocenters. The summed E-state index contributed by atoms with van der Waals surface area (Å²) in [5.41, 5.74) is 1.06. The molecule has 1 heterocycles. The lowest BCUT2D eigenvalue weighted by Crippen LogP contribution is -2.15. The Morgan fingerprint density at radius 1 is 1.60 bits per heavy atom. The Morgan fingerprint density at radius 2 is 2.27 bits per heavy atom. The fourth-order valence-electron chi connectivity index (χ4n) is 1.24. The zero-order valence-electron chi connectivity index (χ0n) is 8.51. The monoisotopic (exact) mass is 204 g/mol. The topological polar surface area (TPSA) is 63.0 Å². The van der Waals surface area contributed by atoms with Crippen molar-refractivity contribution < 1.29 is 9.53 Å². The van der Waals surface area contributed by atoms with Gasteiger partial charge < -0.3 is 4.74 Å². The highest BCUT2D eigenvalue weighted by molar-refractivity contribution is 5.74. The van der Waals surface area contributed by atoms with Gasteiger partial charge in [-0.1, -0.05) is 0 Å². The number of ether oxygens (including phenoxy) is 1. The Morgan fingerprint density at radius 3 is 2.80 bits per heavy atom. The molecule has 0 spiro atoms. The van der Waals surface area contributed by atoms with Gasteiger partial charge in [-0.25, -0.2) is 0 Å². The number of hydrogen-bond acceptors (Lipinski definition) is 4. The third kappa shape index (κ3) is 3.39. The first-order chi connectivity index (χ1) is 7.27. The number of nitrogens with zero attached hydrogens (tertiary/aromatic N) is 2. The number of esters is 1. The Balaban J connectivity index is 2.49. The van der Waals surface area contributed by atoms with Gasteiger partial charge in [-0.2, -0.15) is 5.26 Å². The first-order valence-corrected chi connectivity index (χ1v) is 4.64. The van der Waals surface area contributed by atoms with E-state index in [4.69, 9.17) is 5.26 Å². The number of carbonyl (C=O) groups excluding carboxylic acids is 1. The van der Waals surface area contributed by atoms with Crippen LogP contribution in [0.15, 0.2) is 24.5 Å². The highest BCUT2D eigenvalue weighted by Crippen LogP contribution is 2.09. The minimum atomic E-state index is -0.678. The first kappa shape index (κ1) is 11.2. The van der Waals surface area contributed by atoms with Crippen LogP contribution < -0.4 is 0 Å². The fourth-order valence-corrected chi connectivity index (χ4v) is 1.24. The molecule has 4 nitrogen and oxygen atoms in total. The molecule has 0 radical (unpaired) electrons. The van der Waals surface area contributed by atoms with Crippen LogP contribution in [0.3, 0.4) is 0 Å². The summed E-state index contributed by atoms with van der Waals surface area (Å²) in [4.78, 5) is 15.0. The average molecular weight is 204 g/mol. The van der Waals surface area contributed by atoms with Crippen molar-refractivity contribution in [3.05, 3.63) is 30.1 Å². The largest absolute Gasteiger partial charge is 0.468 e. The van der Waals surface area contributed by atoms with Gasteiger partial charge >= 0.3 is 5.97 Å². The van der Waals surface area contributed by atoms with E-state index < -0.39 is 11.9 Å². The Labute approximate surface area is 88.5 Å². The quantitative estimate of drug-likeness (QED) is 0.694. The number of rotatable bonds is 4. The van der Waals surface area contributed by atoms with E-state index in [1.165, 1.54) is 7.11 Å². The zero-order valence-corrected chi connectivity index (χ0v) is 8.51. The molecule has 0 fully saturated rings. The number of nitriles is 1. The summed E-state index contributed by atoms with van der Waals surface area (Å²) in [7, 11) is 1.29. The summed E-state index contributed by atoms with van der Waals surface area (Å²) in [6.07, 6.45) is 4.53. The molecule has 1 rings (SSSR count). The van der Waals surface area contributed by atoms with Crippen molar-refractivity contribution in [1.82, 2.24) is 4.98 Å². The number of methoxy groups -OCH3 is 1. The molecule has 0 aliphatic heterocycles. The van der Waals surface area contributed by atoms with Gasteiger partial charge in [0.1, 0.15) is 5.92 Å². The van der Waals surface area contributed by atoms with Crippen LogP contribution >= 0.6 is 0 Å². The molecule has 4 heteroatoms. The van der Waals surface area contributed by atoms with Gasteiger partial charge in [0.05, 0.1) is 13.2 Å². The maximum Gasteiger partial charge on any atom is 0.323 e. The maximum absolute atomic E-state index is 11.1. The van der Waals surface area contributed by atoms with E-state index in [1.54, 1.807) is 12.4 Å². The molecule has 0 aliphatic rings. The average Bonchev–Trinajstić information content (AvgIpc) is 2.31. The Bertz CT molecular complexity index is 357. The zero-order chi connectivity index (χ0) is 11.1. The molecular formula is C11H12N2O2. The van der Waals surface area contributed by atoms with Gasteiger partial charge in [0.15, 0.2) is 0 Å². The molecule has 0 N–H and O–H groups in total. The van der Waals surface area contributed by atoms with Gasteiger partial charge in [0, 0.05) is 12.4 Å². The molecule has 0 aliphatic carbocycles. The van der Waals surface area contributed by atoms with E-state index in [0.717, 1.165) is 5.56 Å². The summed E-state index contributed by atoms with van der Waals surface area (Å²) < 4.78 is 4.52. The van der Waals surface area contributed by atoms with E-state index in [-0.39, 0.29) is 0 Å². The van der Waals surface area contributed by atoms with E-state index in [1.807, 2.05) is 18.2 Å². The first-order valence-electron chi connectivity index (χ1n) is 4.64. The summed E-state index contributed by atoms with van der Waals surface area (Å²) in [6.45, 7) is 0. The number of hydrogen-bond donors (Lipinski definition) is 0. The summed E-state index contributed by atoms with van der Waals surface area (Å²) in [5.74, 6) is -1.14. The second-order valence-electron chi connectivity index (χ2n) is 3.10. The Hall–Kier alpha value is -1.89. The van der Waals surface area contributed by atoms with E-state index in [9.17, 15) is 4.79 Å². The van der Waals surface area contributed by atoms with Gasteiger partial charge in [-0.15, -0.1) is 0 Å². The van der Waals surface area contributed by atoms with Gasteiger partial charge in [-0.3, -0.25) is 9.78 Å². The van der Waals surface area contributed by atoms with Crippen LogP contribution in [0.5, 0.6) is 0 Å². The summed E-state index contributed by atoms with van der Waals surface area (Å²) >= 11 is 0. The van der Waals surface area contributed by atoms with Crippen LogP contribution in [0, 0.1) is 17.2 Å². The van der Waals surface area contributed by atoms with Gasteiger partial charge in [-0.05, 0) is 30.5 Å². The van der Waals surface area contributed by atoms with Crippen molar-refractivity contribution in [2.24, 2.45) is 5.92 Å². The molecule has 0 bridgehead atoms. The predicted octanol–water partition coefficient (Wildman–Crippen LogP) is 1.33. The van der Waals surface area contributed by atoms with Crippen molar-refractivity contribution in [3.8, 4) is 6.07 Å². The molecule has 0 saturated heterocycles. The van der Waals surface area contributed by atoms with Crippen LogP contribution in [0.1, 0.15) is 12.0 Å². The predicted molar refractivity (Wildman–Crippen MR) is 53.7 cm³/mol. The molecule has 1 aromatic heterocycles. The van der Waals surface area contributed by atoms with E-state index >= 15 is 0 Å². The van der Waals surface area contributed by atoms with Gasteiger partial charge in [0.25, 0.3) is 0 Å². The van der Waals surface area contributed by atoms with Gasteiger partial charge in [0.2, 0.25) is 0 Å². The number of aromatic nitrogens is 1. The summed E-state index contributed by atoms with van der Waals surface area (Å²) in [6, 6.07) is 5.67. The molecule has 1 aromatic rings. The molecular weight excluding hydrogens is 192 g/mol. The SMILES string of the molecule is COC(=O)C(C#N)CCc1ccncc1. The number of carbonyl (C=O) groups is 1. The van der Waals surface area contributed by atoms with Crippen molar-refractivity contribution in [1.29, 1.82) is 5.26 Å². The van der Waals surface area contributed by atoms with Crippen molar-refractivity contribution >= 4 is 5.97 Å². The molecule has 0 aromatic carbocycles. The van der Waals surface area contributed by atoms with E-state index in [2.05, 4.69) is 9.72 Å². The highest BCUT2D eigenvalue weighted by Gasteiger charge is 2.17. The van der Waals surface area contributed by atoms with Crippen molar-refractivity contribution in [3.63, 3.8) is 0 Å². The second-order valence-corrected chi connectivity index (χ2v) is 3.10.